The molecule has 2 heterocycles. The number of nitrogens with zero attached hydrogens (tertiary/aromatic N) is 5. The van der Waals surface area contributed by atoms with Crippen molar-refractivity contribution in [2.24, 2.45) is 0 Å². The number of hydrogen-bond acceptors (Lipinski definition) is 6. The molecule has 0 atom stereocenters. The Labute approximate surface area is 141 Å². The molecule has 0 aliphatic rings. The molecule has 2 aromatic heterocycles. The zero-order valence-electron chi connectivity index (χ0n) is 12.2. The summed E-state index contributed by atoms with van der Waals surface area (Å²) in [6.45, 7) is 2.02. The lowest BCUT2D eigenvalue weighted by Crippen LogP contribution is -2.18. The van der Waals surface area contributed by atoms with Gasteiger partial charge in [-0.25, -0.2) is 9.67 Å². The fraction of sp³-hybridized carbons (Fsp3) is 0.214. The molecule has 0 unspecified atom stereocenters. The van der Waals surface area contributed by atoms with E-state index in [2.05, 4.69) is 25.8 Å². The molecule has 0 radical (unpaired) electrons. The van der Waals surface area contributed by atoms with Gasteiger partial charge in [0.1, 0.15) is 12.9 Å². The predicted octanol–water partition coefficient (Wildman–Crippen LogP) is 2.32. The maximum Gasteiger partial charge on any atom is 0.248 e. The molecular weight excluding hydrogens is 336 g/mol. The van der Waals surface area contributed by atoms with Crippen LogP contribution < -0.4 is 5.32 Å². The zero-order valence-corrected chi connectivity index (χ0v) is 13.8. The highest BCUT2D eigenvalue weighted by atomic mass is 35.5. The van der Waals surface area contributed by atoms with E-state index in [1.807, 2.05) is 25.1 Å². The molecule has 0 aliphatic carbocycles. The van der Waals surface area contributed by atoms with Crippen molar-refractivity contribution in [2.45, 2.75) is 19.9 Å². The summed E-state index contributed by atoms with van der Waals surface area (Å²) in [4.78, 5) is 17.1. The second-order valence-electron chi connectivity index (χ2n) is 4.95. The molecule has 1 N–H and O–H groups in total. The van der Waals surface area contributed by atoms with E-state index in [-0.39, 0.29) is 12.5 Å². The first-order valence-electron chi connectivity index (χ1n) is 6.80. The third-order valence-corrected chi connectivity index (χ3v) is 4.43. The highest BCUT2D eigenvalue weighted by molar-refractivity contribution is 7.15. The van der Waals surface area contributed by atoms with Crippen molar-refractivity contribution in [1.29, 1.82) is 0 Å². The first-order chi connectivity index (χ1) is 11.1. The second kappa shape index (κ2) is 6.84. The summed E-state index contributed by atoms with van der Waals surface area (Å²) in [6.07, 6.45) is 3.86. The van der Waals surface area contributed by atoms with E-state index in [9.17, 15) is 4.79 Å². The van der Waals surface area contributed by atoms with Crippen LogP contribution in [0.2, 0.25) is 5.02 Å². The summed E-state index contributed by atoms with van der Waals surface area (Å²) in [5.74, 6) is -0.225. The summed E-state index contributed by atoms with van der Waals surface area (Å²) < 4.78 is 1.35. The van der Waals surface area contributed by atoms with E-state index in [0.717, 1.165) is 27.4 Å². The van der Waals surface area contributed by atoms with Gasteiger partial charge in [0.25, 0.3) is 0 Å². The molecule has 118 valence electrons. The number of nitrogens with one attached hydrogen (secondary N) is 1. The molecule has 23 heavy (non-hydrogen) atoms. The van der Waals surface area contributed by atoms with E-state index < -0.39 is 0 Å². The third kappa shape index (κ3) is 4.11. The van der Waals surface area contributed by atoms with E-state index in [4.69, 9.17) is 11.6 Å². The summed E-state index contributed by atoms with van der Waals surface area (Å²) in [6, 6.07) is 5.98. The third-order valence-electron chi connectivity index (χ3n) is 3.11. The van der Waals surface area contributed by atoms with Crippen molar-refractivity contribution in [3.8, 4) is 0 Å². The quantitative estimate of drug-likeness (QED) is 0.764. The van der Waals surface area contributed by atoms with Gasteiger partial charge in [0, 0.05) is 22.5 Å². The van der Waals surface area contributed by atoms with Crippen LogP contribution in [0.1, 0.15) is 16.0 Å². The molecule has 3 aromatic rings. The van der Waals surface area contributed by atoms with Gasteiger partial charge >= 0.3 is 0 Å². The van der Waals surface area contributed by atoms with Gasteiger partial charge in [0.15, 0.2) is 5.13 Å². The van der Waals surface area contributed by atoms with Gasteiger partial charge in [-0.2, -0.15) is 0 Å². The normalized spacial score (nSPS) is 10.7. The molecular formula is C14H13ClN6OS. The highest BCUT2D eigenvalue weighted by Gasteiger charge is 2.09. The molecule has 0 spiro atoms. The molecule has 3 rings (SSSR count). The molecule has 0 bridgehead atoms. The van der Waals surface area contributed by atoms with Crippen LogP contribution in [0.15, 0.2) is 30.7 Å². The van der Waals surface area contributed by atoms with Gasteiger partial charge < -0.3 is 5.32 Å². The Bertz CT molecular complexity index is 817. The summed E-state index contributed by atoms with van der Waals surface area (Å²) in [7, 11) is 0. The fourth-order valence-corrected chi connectivity index (χ4v) is 3.02. The van der Waals surface area contributed by atoms with E-state index >= 15 is 0 Å². The molecule has 0 saturated heterocycles. The fourth-order valence-electron chi connectivity index (χ4n) is 1.95. The number of benzene rings is 1. The maximum atomic E-state index is 11.9. The van der Waals surface area contributed by atoms with Crippen LogP contribution >= 0.6 is 22.9 Å². The minimum atomic E-state index is -0.225. The van der Waals surface area contributed by atoms with E-state index in [0.29, 0.717) is 5.13 Å². The Morgan fingerprint density at radius 3 is 3.04 bits per heavy atom. The number of carbonyl (C=O) groups is 1. The molecule has 1 aromatic carbocycles. The van der Waals surface area contributed by atoms with Crippen LogP contribution in [0.25, 0.3) is 0 Å². The molecule has 0 saturated carbocycles. The first kappa shape index (κ1) is 15.6. The van der Waals surface area contributed by atoms with Crippen LogP contribution in [-0.2, 0) is 17.8 Å². The number of tetrazole rings is 1. The minimum Gasteiger partial charge on any atom is -0.300 e. The van der Waals surface area contributed by atoms with Crippen LogP contribution in [0.3, 0.4) is 0 Å². The maximum absolute atomic E-state index is 11.9. The van der Waals surface area contributed by atoms with Crippen molar-refractivity contribution in [3.63, 3.8) is 0 Å². The predicted molar refractivity (Wildman–Crippen MR) is 87.6 cm³/mol. The lowest BCUT2D eigenvalue weighted by molar-refractivity contribution is -0.116. The second-order valence-corrected chi connectivity index (χ2v) is 6.47. The van der Waals surface area contributed by atoms with Crippen molar-refractivity contribution in [2.75, 3.05) is 5.32 Å². The largest absolute Gasteiger partial charge is 0.300 e. The van der Waals surface area contributed by atoms with Gasteiger partial charge in [-0.1, -0.05) is 23.7 Å². The number of anilines is 1. The average Bonchev–Trinajstić information content (AvgIpc) is 3.15. The Morgan fingerprint density at radius 2 is 2.30 bits per heavy atom. The zero-order chi connectivity index (χ0) is 16.2. The van der Waals surface area contributed by atoms with Gasteiger partial charge in [-0.05, 0) is 34.5 Å². The number of halogens is 1. The lowest BCUT2D eigenvalue weighted by atomic mass is 10.1. The Morgan fingerprint density at radius 1 is 1.43 bits per heavy atom. The standard InChI is InChI=1S/C14H13ClN6OS/c1-9-2-3-10(5-12(9)15)4-11-6-16-14(23-11)18-13(22)7-21-8-17-19-20-21/h2-3,5-6,8H,4,7H2,1H3,(H,16,18,22). The lowest BCUT2D eigenvalue weighted by Gasteiger charge is -2.02. The van der Waals surface area contributed by atoms with Crippen LogP contribution in [0, 0.1) is 6.92 Å². The monoisotopic (exact) mass is 348 g/mol. The van der Waals surface area contributed by atoms with Crippen molar-refractivity contribution < 1.29 is 4.79 Å². The van der Waals surface area contributed by atoms with Crippen molar-refractivity contribution >= 4 is 34.0 Å². The Kier molecular flexibility index (Phi) is 4.63. The molecule has 0 fully saturated rings. The van der Waals surface area contributed by atoms with Gasteiger partial charge in [-0.3, -0.25) is 4.79 Å². The molecule has 9 heteroatoms. The van der Waals surface area contributed by atoms with Crippen molar-refractivity contribution in [3.05, 3.63) is 51.7 Å². The van der Waals surface area contributed by atoms with Gasteiger partial charge in [0.2, 0.25) is 5.91 Å². The molecule has 0 aliphatic heterocycles. The number of rotatable bonds is 5. The number of hydrogen-bond donors (Lipinski definition) is 1. The SMILES string of the molecule is Cc1ccc(Cc2cnc(NC(=O)Cn3cnnn3)s2)cc1Cl. The number of amides is 1. The number of carbonyl (C=O) groups excluding carboxylic acids is 1. The summed E-state index contributed by atoms with van der Waals surface area (Å²) in [5.41, 5.74) is 2.16. The van der Waals surface area contributed by atoms with E-state index in [1.165, 1.54) is 22.3 Å². The van der Waals surface area contributed by atoms with Crippen LogP contribution in [0.4, 0.5) is 5.13 Å². The molecule has 1 amide bonds. The highest BCUT2D eigenvalue weighted by Crippen LogP contribution is 2.23. The smallest absolute Gasteiger partial charge is 0.248 e. The number of aromatic nitrogens is 5. The Balaban J connectivity index is 1.61. The number of thiazole rings is 1. The van der Waals surface area contributed by atoms with Gasteiger partial charge in [0.05, 0.1) is 0 Å². The number of aryl methyl sites for hydroxylation is 1. The van der Waals surface area contributed by atoms with E-state index in [1.54, 1.807) is 6.20 Å². The van der Waals surface area contributed by atoms with Crippen LogP contribution in [-0.4, -0.2) is 31.1 Å². The Hall–Kier alpha value is -2.32. The van der Waals surface area contributed by atoms with Gasteiger partial charge in [-0.15, -0.1) is 16.4 Å². The minimum absolute atomic E-state index is 0.0511. The first-order valence-corrected chi connectivity index (χ1v) is 8.00. The van der Waals surface area contributed by atoms with Crippen molar-refractivity contribution in [1.82, 2.24) is 25.2 Å². The summed E-state index contributed by atoms with van der Waals surface area (Å²) in [5, 5.41) is 14.6. The van der Waals surface area contributed by atoms with Crippen LogP contribution in [0.5, 0.6) is 0 Å². The summed E-state index contributed by atoms with van der Waals surface area (Å²) >= 11 is 7.57. The average molecular weight is 349 g/mol. The topological polar surface area (TPSA) is 85.6 Å². The molecule has 7 nitrogen and oxygen atoms in total.